The second kappa shape index (κ2) is 7.75. The zero-order valence-corrected chi connectivity index (χ0v) is 13.8. The molecule has 0 aliphatic rings. The number of anilines is 2. The molecule has 1 aromatic heterocycles. The predicted octanol–water partition coefficient (Wildman–Crippen LogP) is 2.68. The normalized spacial score (nSPS) is 10.8. The van der Waals surface area contributed by atoms with Gasteiger partial charge in [0.1, 0.15) is 5.82 Å². The maximum Gasteiger partial charge on any atom is 0.224 e. The molecule has 1 heterocycles. The summed E-state index contributed by atoms with van der Waals surface area (Å²) in [5.41, 5.74) is 3.51. The highest BCUT2D eigenvalue weighted by Crippen LogP contribution is 2.13. The van der Waals surface area contributed by atoms with Gasteiger partial charge in [-0.05, 0) is 39.1 Å². The Kier molecular flexibility index (Phi) is 5.72. The lowest BCUT2D eigenvalue weighted by Gasteiger charge is -2.13. The molecule has 2 aromatic rings. The second-order valence-electron chi connectivity index (χ2n) is 5.73. The molecule has 0 saturated heterocycles. The van der Waals surface area contributed by atoms with Gasteiger partial charge in [0.2, 0.25) is 5.95 Å². The summed E-state index contributed by atoms with van der Waals surface area (Å²) in [6.07, 6.45) is 0. The van der Waals surface area contributed by atoms with Crippen LogP contribution in [0, 0.1) is 13.8 Å². The van der Waals surface area contributed by atoms with Crippen molar-refractivity contribution < 1.29 is 0 Å². The van der Waals surface area contributed by atoms with E-state index in [9.17, 15) is 0 Å². The predicted molar refractivity (Wildman–Crippen MR) is 92.3 cm³/mol. The smallest absolute Gasteiger partial charge is 0.224 e. The minimum atomic E-state index is 0.675. The molecule has 1 aromatic carbocycles. The molecular weight excluding hydrogens is 274 g/mol. The zero-order valence-electron chi connectivity index (χ0n) is 13.8. The Hall–Kier alpha value is -2.14. The Morgan fingerprint density at radius 3 is 2.55 bits per heavy atom. The molecule has 5 nitrogen and oxygen atoms in total. The first-order valence-corrected chi connectivity index (χ1v) is 7.57. The molecule has 0 spiro atoms. The van der Waals surface area contributed by atoms with Gasteiger partial charge in [0.15, 0.2) is 0 Å². The highest BCUT2D eigenvalue weighted by Gasteiger charge is 2.03. The number of aryl methyl sites for hydroxylation is 2. The van der Waals surface area contributed by atoms with Crippen molar-refractivity contribution in [3.05, 3.63) is 47.2 Å². The number of benzene rings is 1. The molecule has 0 unspecified atom stereocenters. The van der Waals surface area contributed by atoms with Crippen LogP contribution in [-0.2, 0) is 6.54 Å². The zero-order chi connectivity index (χ0) is 15.9. The summed E-state index contributed by atoms with van der Waals surface area (Å²) in [5.74, 6) is 1.53. The molecule has 5 heteroatoms. The van der Waals surface area contributed by atoms with E-state index in [0.29, 0.717) is 5.95 Å². The van der Waals surface area contributed by atoms with Gasteiger partial charge in [-0.15, -0.1) is 0 Å². The first-order valence-electron chi connectivity index (χ1n) is 7.57. The minimum absolute atomic E-state index is 0.675. The standard InChI is InChI=1S/C17H25N5/c1-13-7-5-6-8-15(13)12-19-16-11-14(2)20-17(21-16)18-9-10-22(3)4/h5-8,11H,9-10,12H2,1-4H3,(H2,18,19,20,21). The third-order valence-electron chi connectivity index (χ3n) is 3.42. The summed E-state index contributed by atoms with van der Waals surface area (Å²) >= 11 is 0. The summed E-state index contributed by atoms with van der Waals surface area (Å²) in [4.78, 5) is 11.1. The van der Waals surface area contributed by atoms with Crippen LogP contribution in [0.15, 0.2) is 30.3 Å². The van der Waals surface area contributed by atoms with Gasteiger partial charge in [0, 0.05) is 31.4 Å². The monoisotopic (exact) mass is 299 g/mol. The first kappa shape index (κ1) is 16.2. The fourth-order valence-corrected chi connectivity index (χ4v) is 2.12. The van der Waals surface area contributed by atoms with Crippen molar-refractivity contribution in [2.24, 2.45) is 0 Å². The fraction of sp³-hybridized carbons (Fsp3) is 0.412. The van der Waals surface area contributed by atoms with Crippen LogP contribution in [-0.4, -0.2) is 42.1 Å². The van der Waals surface area contributed by atoms with Crippen LogP contribution >= 0.6 is 0 Å². The SMILES string of the molecule is Cc1cc(NCc2ccccc2C)nc(NCCN(C)C)n1. The number of rotatable bonds is 7. The van der Waals surface area contributed by atoms with Crippen LogP contribution in [0.5, 0.6) is 0 Å². The van der Waals surface area contributed by atoms with Crippen LogP contribution in [0.1, 0.15) is 16.8 Å². The summed E-state index contributed by atoms with van der Waals surface area (Å²) in [6, 6.07) is 10.3. The van der Waals surface area contributed by atoms with Crippen molar-refractivity contribution in [1.29, 1.82) is 0 Å². The van der Waals surface area contributed by atoms with Crippen molar-refractivity contribution in [2.45, 2.75) is 20.4 Å². The lowest BCUT2D eigenvalue weighted by molar-refractivity contribution is 0.425. The molecule has 2 rings (SSSR count). The maximum absolute atomic E-state index is 4.52. The van der Waals surface area contributed by atoms with Crippen molar-refractivity contribution in [2.75, 3.05) is 37.8 Å². The number of nitrogens with zero attached hydrogens (tertiary/aromatic N) is 3. The van der Waals surface area contributed by atoms with Crippen molar-refractivity contribution in [3.63, 3.8) is 0 Å². The molecule has 0 saturated carbocycles. The Balaban J connectivity index is 1.99. The van der Waals surface area contributed by atoms with Crippen LogP contribution in [0.25, 0.3) is 0 Å². The molecule has 0 fully saturated rings. The molecule has 0 aliphatic carbocycles. The van der Waals surface area contributed by atoms with Gasteiger partial charge < -0.3 is 15.5 Å². The van der Waals surface area contributed by atoms with Gasteiger partial charge in [0.05, 0.1) is 0 Å². The molecular formula is C17H25N5. The highest BCUT2D eigenvalue weighted by molar-refractivity contribution is 5.43. The molecule has 2 N–H and O–H groups in total. The number of hydrogen-bond acceptors (Lipinski definition) is 5. The fourth-order valence-electron chi connectivity index (χ4n) is 2.12. The Morgan fingerprint density at radius 1 is 1.05 bits per heavy atom. The first-order chi connectivity index (χ1) is 10.5. The molecule has 0 aliphatic heterocycles. The maximum atomic E-state index is 4.52. The molecule has 0 bridgehead atoms. The molecule has 22 heavy (non-hydrogen) atoms. The lowest BCUT2D eigenvalue weighted by Crippen LogP contribution is -2.21. The molecule has 0 amide bonds. The summed E-state index contributed by atoms with van der Waals surface area (Å²) in [5, 5.41) is 6.64. The largest absolute Gasteiger partial charge is 0.366 e. The van der Waals surface area contributed by atoms with Gasteiger partial charge in [-0.2, -0.15) is 4.98 Å². The van der Waals surface area contributed by atoms with Crippen LogP contribution < -0.4 is 10.6 Å². The van der Waals surface area contributed by atoms with Gasteiger partial charge in [-0.25, -0.2) is 4.98 Å². The van der Waals surface area contributed by atoms with E-state index < -0.39 is 0 Å². The van der Waals surface area contributed by atoms with Gasteiger partial charge in [-0.1, -0.05) is 24.3 Å². The topological polar surface area (TPSA) is 53.1 Å². The van der Waals surface area contributed by atoms with E-state index in [1.807, 2.05) is 27.1 Å². The van der Waals surface area contributed by atoms with E-state index in [2.05, 4.69) is 56.7 Å². The lowest BCUT2D eigenvalue weighted by atomic mass is 10.1. The summed E-state index contributed by atoms with van der Waals surface area (Å²) in [7, 11) is 4.10. The summed E-state index contributed by atoms with van der Waals surface area (Å²) in [6.45, 7) is 6.64. The van der Waals surface area contributed by atoms with Gasteiger partial charge >= 0.3 is 0 Å². The Labute approximate surface area is 132 Å². The quantitative estimate of drug-likeness (QED) is 0.823. The van der Waals surface area contributed by atoms with E-state index >= 15 is 0 Å². The van der Waals surface area contributed by atoms with Crippen molar-refractivity contribution in [3.8, 4) is 0 Å². The second-order valence-corrected chi connectivity index (χ2v) is 5.73. The number of hydrogen-bond donors (Lipinski definition) is 2. The van der Waals surface area contributed by atoms with Crippen LogP contribution in [0.3, 0.4) is 0 Å². The average Bonchev–Trinajstić information content (AvgIpc) is 2.45. The van der Waals surface area contributed by atoms with Crippen molar-refractivity contribution in [1.82, 2.24) is 14.9 Å². The molecule has 0 radical (unpaired) electrons. The van der Waals surface area contributed by atoms with Crippen LogP contribution in [0.4, 0.5) is 11.8 Å². The third-order valence-corrected chi connectivity index (χ3v) is 3.42. The molecule has 0 atom stereocenters. The third kappa shape index (κ3) is 5.00. The van der Waals surface area contributed by atoms with E-state index in [0.717, 1.165) is 31.1 Å². The van der Waals surface area contributed by atoms with E-state index in [1.54, 1.807) is 0 Å². The average molecular weight is 299 g/mol. The van der Waals surface area contributed by atoms with Gasteiger partial charge in [-0.3, -0.25) is 0 Å². The van der Waals surface area contributed by atoms with E-state index in [4.69, 9.17) is 0 Å². The number of nitrogens with one attached hydrogen (secondary N) is 2. The van der Waals surface area contributed by atoms with Crippen LogP contribution in [0.2, 0.25) is 0 Å². The minimum Gasteiger partial charge on any atom is -0.366 e. The number of likely N-dealkylation sites (N-methyl/N-ethyl adjacent to an activating group) is 1. The summed E-state index contributed by atoms with van der Waals surface area (Å²) < 4.78 is 0. The Morgan fingerprint density at radius 2 is 1.82 bits per heavy atom. The highest BCUT2D eigenvalue weighted by atomic mass is 15.2. The van der Waals surface area contributed by atoms with Crippen molar-refractivity contribution >= 4 is 11.8 Å². The molecule has 118 valence electrons. The van der Waals surface area contributed by atoms with E-state index in [-0.39, 0.29) is 0 Å². The Bertz CT molecular complexity index is 610. The van der Waals surface area contributed by atoms with Gasteiger partial charge in [0.25, 0.3) is 0 Å². The van der Waals surface area contributed by atoms with E-state index in [1.165, 1.54) is 11.1 Å². The number of aromatic nitrogens is 2.